The van der Waals surface area contributed by atoms with E-state index in [2.05, 4.69) is 27.7 Å². The number of aliphatic carboxylic acids is 2. The Morgan fingerprint density at radius 2 is 0.892 bits per heavy atom. The fourth-order valence-corrected chi connectivity index (χ4v) is 4.41. The second-order valence-corrected chi connectivity index (χ2v) is 11.0. The van der Waals surface area contributed by atoms with Gasteiger partial charge in [0.2, 0.25) is 0 Å². The number of Topliss-reactive ketones (excluding diaryl/α,β-unsaturated/α-hetero) is 2. The Labute approximate surface area is 238 Å². The molecule has 2 unspecified atom stereocenters. The Balaban J connectivity index is -0.000000471. The maximum absolute atomic E-state index is 10.8. The number of carbonyl (C=O) groups excluding carboxylic acids is 4. The van der Waals surface area contributed by atoms with Crippen molar-refractivity contribution in [2.24, 2.45) is 11.8 Å². The topological polar surface area (TPSA) is 133 Å². The number of carboxylic acid groups (broad SMARTS) is 2. The van der Waals surface area contributed by atoms with Crippen LogP contribution in [0.1, 0.15) is 131 Å². The van der Waals surface area contributed by atoms with E-state index in [4.69, 9.17) is 5.63 Å². The first kappa shape index (κ1) is 40.6. The van der Waals surface area contributed by atoms with Crippen LogP contribution < -0.4 is 10.2 Å². The molecule has 0 bridgehead atoms. The van der Waals surface area contributed by atoms with Crippen molar-refractivity contribution in [3.8, 4) is 0 Å². The van der Waals surface area contributed by atoms with Gasteiger partial charge in [0.1, 0.15) is 11.6 Å². The SMILES string of the molecule is CCCCCCC(C(C)=O)C(=O)[O-].CCCCCCC(C(C)=O)C(=O)[O-].CCCC[O][Zr+2][O]CCCC. The zero-order valence-electron chi connectivity index (χ0n) is 24.2. The van der Waals surface area contributed by atoms with Gasteiger partial charge in [0.05, 0.1) is 23.8 Å². The Morgan fingerprint density at radius 3 is 1.14 bits per heavy atom. The molecule has 0 saturated heterocycles. The molecular formula is C28H52O8Zr. The van der Waals surface area contributed by atoms with Crippen molar-refractivity contribution >= 4 is 23.5 Å². The first-order chi connectivity index (χ1) is 17.6. The summed E-state index contributed by atoms with van der Waals surface area (Å²) in [5, 5.41) is 20.9. The molecule has 0 saturated carbocycles. The van der Waals surface area contributed by atoms with Crippen LogP contribution in [0.15, 0.2) is 0 Å². The molecule has 37 heavy (non-hydrogen) atoms. The summed E-state index contributed by atoms with van der Waals surface area (Å²) in [6, 6.07) is 0. The van der Waals surface area contributed by atoms with Gasteiger partial charge in [0.15, 0.2) is 0 Å². The first-order valence-corrected chi connectivity index (χ1v) is 16.0. The van der Waals surface area contributed by atoms with E-state index in [1.54, 1.807) is 0 Å². The molecule has 0 aliphatic heterocycles. The van der Waals surface area contributed by atoms with Crippen LogP contribution >= 0.6 is 0 Å². The van der Waals surface area contributed by atoms with Gasteiger partial charge in [-0.2, -0.15) is 0 Å². The summed E-state index contributed by atoms with van der Waals surface area (Å²) in [6.45, 7) is 12.9. The molecule has 0 aliphatic rings. The fraction of sp³-hybridized carbons (Fsp3) is 0.857. The Morgan fingerprint density at radius 1 is 0.568 bits per heavy atom. The molecule has 2 atom stereocenters. The average molecular weight is 608 g/mol. The number of ketones is 2. The van der Waals surface area contributed by atoms with Crippen molar-refractivity contribution in [2.45, 2.75) is 131 Å². The van der Waals surface area contributed by atoms with E-state index in [1.165, 1.54) is 39.5 Å². The van der Waals surface area contributed by atoms with Crippen molar-refractivity contribution in [1.82, 2.24) is 0 Å². The van der Waals surface area contributed by atoms with E-state index in [9.17, 15) is 29.4 Å². The van der Waals surface area contributed by atoms with E-state index < -0.39 is 47.9 Å². The van der Waals surface area contributed by atoms with Gasteiger partial charge in [-0.1, -0.05) is 65.2 Å². The Hall–Kier alpha value is -0.917. The van der Waals surface area contributed by atoms with E-state index in [1.807, 2.05) is 0 Å². The third-order valence-electron chi connectivity index (χ3n) is 5.56. The number of unbranched alkanes of at least 4 members (excludes halogenated alkanes) is 8. The van der Waals surface area contributed by atoms with Crippen LogP contribution in [0.4, 0.5) is 0 Å². The summed E-state index contributed by atoms with van der Waals surface area (Å²) in [5.41, 5.74) is 0. The Bertz CT molecular complexity index is 492. The van der Waals surface area contributed by atoms with Gasteiger partial charge in [-0.25, -0.2) is 0 Å². The molecular weight excluding hydrogens is 556 g/mol. The summed E-state index contributed by atoms with van der Waals surface area (Å²) in [5.74, 6) is -4.84. The second-order valence-electron chi connectivity index (χ2n) is 9.15. The predicted molar refractivity (Wildman–Crippen MR) is 138 cm³/mol. The molecule has 0 spiro atoms. The van der Waals surface area contributed by atoms with Gasteiger partial charge in [0, 0.05) is 0 Å². The summed E-state index contributed by atoms with van der Waals surface area (Å²) in [7, 11) is 0. The summed E-state index contributed by atoms with van der Waals surface area (Å²) in [4.78, 5) is 42.6. The molecule has 216 valence electrons. The molecule has 0 rings (SSSR count). The van der Waals surface area contributed by atoms with Gasteiger partial charge in [-0.05, 0) is 26.7 Å². The standard InChI is InChI=1S/2C10H18O3.2C4H9O.Zr/c2*1-3-4-5-6-7-9(8(2)11)10(12)13;2*1-2-3-4-5;/h2*9H,3-7H2,1-2H3,(H,12,13);2*2-4H2,1H3;/q;;2*-1;+4/p-2. The quantitative estimate of drug-likeness (QED) is 0.131. The molecule has 0 aromatic rings. The van der Waals surface area contributed by atoms with Crippen molar-refractivity contribution < 1.29 is 59.1 Å². The van der Waals surface area contributed by atoms with Gasteiger partial charge >= 0.3 is 82.5 Å². The second kappa shape index (κ2) is 31.3. The van der Waals surface area contributed by atoms with E-state index in [0.717, 1.165) is 64.6 Å². The zero-order chi connectivity index (χ0) is 28.9. The number of rotatable bonds is 22. The zero-order valence-corrected chi connectivity index (χ0v) is 26.7. The maximum atomic E-state index is 10.8. The van der Waals surface area contributed by atoms with E-state index >= 15 is 0 Å². The molecule has 0 heterocycles. The molecule has 0 aromatic carbocycles. The van der Waals surface area contributed by atoms with Gasteiger partial charge < -0.3 is 19.8 Å². The number of hydrogen-bond acceptors (Lipinski definition) is 8. The number of carbonyl (C=O) groups is 4. The van der Waals surface area contributed by atoms with Crippen LogP contribution in [0.2, 0.25) is 0 Å². The van der Waals surface area contributed by atoms with Crippen molar-refractivity contribution in [1.29, 1.82) is 0 Å². The van der Waals surface area contributed by atoms with Crippen molar-refractivity contribution in [3.63, 3.8) is 0 Å². The number of hydrogen-bond donors (Lipinski definition) is 0. The van der Waals surface area contributed by atoms with Crippen LogP contribution in [-0.4, -0.2) is 36.7 Å². The molecule has 0 N–H and O–H groups in total. The molecule has 0 aromatic heterocycles. The molecule has 0 radical (unpaired) electrons. The van der Waals surface area contributed by atoms with E-state index in [0.29, 0.717) is 12.8 Å². The molecule has 0 aliphatic carbocycles. The fourth-order valence-electron chi connectivity index (χ4n) is 3.08. The summed E-state index contributed by atoms with van der Waals surface area (Å²) < 4.78 is 10.7. The average Bonchev–Trinajstić information content (AvgIpc) is 2.83. The number of carboxylic acids is 2. The third kappa shape index (κ3) is 31.2. The molecule has 0 fully saturated rings. The normalized spacial score (nSPS) is 11.6. The van der Waals surface area contributed by atoms with Crippen LogP contribution in [0, 0.1) is 11.8 Å². The molecule has 8 nitrogen and oxygen atoms in total. The van der Waals surface area contributed by atoms with Gasteiger partial charge in [-0.3, -0.25) is 9.59 Å². The minimum absolute atomic E-state index is 0.295. The molecule has 0 amide bonds. The van der Waals surface area contributed by atoms with Crippen LogP contribution in [0.5, 0.6) is 0 Å². The van der Waals surface area contributed by atoms with Gasteiger partial charge in [0.25, 0.3) is 0 Å². The third-order valence-corrected chi connectivity index (χ3v) is 7.14. The van der Waals surface area contributed by atoms with Crippen molar-refractivity contribution in [3.05, 3.63) is 0 Å². The summed E-state index contributed by atoms with van der Waals surface area (Å²) >= 11 is -0.876. The van der Waals surface area contributed by atoms with Gasteiger partial charge in [-0.15, -0.1) is 0 Å². The molecule has 9 heteroatoms. The van der Waals surface area contributed by atoms with E-state index in [-0.39, 0.29) is 11.6 Å². The first-order valence-electron chi connectivity index (χ1n) is 14.0. The van der Waals surface area contributed by atoms with Crippen LogP contribution in [0.25, 0.3) is 0 Å². The van der Waals surface area contributed by atoms with Crippen molar-refractivity contribution in [2.75, 3.05) is 13.2 Å². The predicted octanol–water partition coefficient (Wildman–Crippen LogP) is 4.36. The monoisotopic (exact) mass is 606 g/mol. The van der Waals surface area contributed by atoms with Crippen LogP contribution in [0.3, 0.4) is 0 Å². The minimum atomic E-state index is -1.23. The Kier molecular flexibility index (Phi) is 34.3. The summed E-state index contributed by atoms with van der Waals surface area (Å²) in [6.07, 6.45) is 13.6. The van der Waals surface area contributed by atoms with Crippen LogP contribution in [-0.2, 0) is 48.9 Å².